The standard InChI is InChI=1S/C24H20N4O4S/c1-2-33(29,30)28-18-7-6-10-21(15-18)32-24-22(23(25)26-16-27-24)17-11-13-20(14-12-17)31-19-8-4-3-5-9-19/h2-16H,1H2,(H3-,25,26,27,28,29,30)/p+1. The Morgan fingerprint density at radius 3 is 2.33 bits per heavy atom. The number of aromatic nitrogens is 2. The first-order chi connectivity index (χ1) is 15.9. The molecule has 9 heteroatoms. The highest BCUT2D eigenvalue weighted by Crippen LogP contribution is 2.36. The predicted molar refractivity (Wildman–Crippen MR) is 129 cm³/mol. The zero-order valence-electron chi connectivity index (χ0n) is 17.4. The van der Waals surface area contributed by atoms with Crippen LogP contribution in [-0.2, 0) is 14.6 Å². The maximum atomic E-state index is 11.9. The summed E-state index contributed by atoms with van der Waals surface area (Å²) in [4.78, 5) is 8.32. The second kappa shape index (κ2) is 9.51. The molecule has 4 N–H and O–H groups in total. The molecule has 33 heavy (non-hydrogen) atoms. The molecule has 8 nitrogen and oxygen atoms in total. The average molecular weight is 462 g/mol. The number of hydrogen-bond donors (Lipinski definition) is 3. The van der Waals surface area contributed by atoms with Crippen molar-refractivity contribution in [3.05, 3.63) is 97.2 Å². The highest BCUT2D eigenvalue weighted by atomic mass is 32.3. The van der Waals surface area contributed by atoms with E-state index in [1.807, 2.05) is 54.6 Å². The lowest BCUT2D eigenvalue weighted by atomic mass is 10.1. The van der Waals surface area contributed by atoms with E-state index in [0.29, 0.717) is 22.7 Å². The fourth-order valence-electron chi connectivity index (χ4n) is 2.99. The minimum atomic E-state index is -3.40. The van der Waals surface area contributed by atoms with Crippen LogP contribution in [0, 0.1) is 0 Å². The van der Waals surface area contributed by atoms with Crippen LogP contribution in [0.1, 0.15) is 0 Å². The molecule has 0 saturated heterocycles. The summed E-state index contributed by atoms with van der Waals surface area (Å²) in [7, 11) is -3.40. The molecule has 0 saturated carbocycles. The maximum Gasteiger partial charge on any atom is 0.338 e. The Bertz CT molecular complexity index is 1310. The minimum absolute atomic E-state index is 0.241. The summed E-state index contributed by atoms with van der Waals surface area (Å²) in [6, 6.07) is 23.3. The van der Waals surface area contributed by atoms with E-state index >= 15 is 0 Å². The number of anilines is 2. The molecule has 166 valence electrons. The van der Waals surface area contributed by atoms with Crippen molar-refractivity contribution in [2.75, 3.05) is 10.5 Å². The van der Waals surface area contributed by atoms with Crippen LogP contribution in [0.15, 0.2) is 97.2 Å². The van der Waals surface area contributed by atoms with Gasteiger partial charge in [-0.1, -0.05) is 36.4 Å². The van der Waals surface area contributed by atoms with Crippen LogP contribution in [-0.4, -0.2) is 14.5 Å². The number of benzene rings is 3. The molecule has 0 radical (unpaired) electrons. The van der Waals surface area contributed by atoms with Crippen LogP contribution in [0.4, 0.5) is 11.5 Å². The van der Waals surface area contributed by atoms with Gasteiger partial charge in [-0.25, -0.2) is 9.97 Å². The van der Waals surface area contributed by atoms with Crippen molar-refractivity contribution in [2.24, 2.45) is 0 Å². The Balaban J connectivity index is 1.59. The van der Waals surface area contributed by atoms with Crippen LogP contribution < -0.4 is 19.9 Å². The summed E-state index contributed by atoms with van der Waals surface area (Å²) >= 11 is 0. The molecule has 0 aliphatic heterocycles. The Kier molecular flexibility index (Phi) is 6.34. The summed E-state index contributed by atoms with van der Waals surface area (Å²) < 4.78 is 35.9. The smallest absolute Gasteiger partial charge is 0.338 e. The molecular formula is C24H21N4O4S+. The first kappa shape index (κ1) is 22.0. The molecule has 0 spiro atoms. The van der Waals surface area contributed by atoms with Crippen molar-refractivity contribution in [2.45, 2.75) is 0 Å². The van der Waals surface area contributed by atoms with Gasteiger partial charge in [-0.05, 0) is 52.7 Å². The number of ether oxygens (including phenoxy) is 2. The van der Waals surface area contributed by atoms with Gasteiger partial charge in [0.05, 0.1) is 11.3 Å². The molecule has 0 fully saturated rings. The topological polar surface area (TPSA) is 120 Å². The average Bonchev–Trinajstić information content (AvgIpc) is 2.81. The molecule has 4 aromatic rings. The molecule has 0 aliphatic carbocycles. The number of nitrogen functional groups attached to an aromatic ring is 1. The molecule has 0 aliphatic rings. The van der Waals surface area contributed by atoms with Crippen LogP contribution in [0.2, 0.25) is 0 Å². The molecule has 0 amide bonds. The Labute approximate surface area is 192 Å². The van der Waals surface area contributed by atoms with E-state index < -0.39 is 10.4 Å². The van der Waals surface area contributed by atoms with Gasteiger partial charge in [-0.15, -0.1) is 0 Å². The zero-order valence-corrected chi connectivity index (χ0v) is 18.2. The predicted octanol–water partition coefficient (Wildman–Crippen LogP) is 5.75. The van der Waals surface area contributed by atoms with Gasteiger partial charge in [0.15, 0.2) is 5.41 Å². The van der Waals surface area contributed by atoms with E-state index in [1.54, 1.807) is 24.3 Å². The van der Waals surface area contributed by atoms with Crippen molar-refractivity contribution in [3.63, 3.8) is 0 Å². The van der Waals surface area contributed by atoms with Crippen LogP contribution in [0.25, 0.3) is 11.1 Å². The largest absolute Gasteiger partial charge is 0.457 e. The number of nitrogens with one attached hydrogen (secondary N) is 1. The summed E-state index contributed by atoms with van der Waals surface area (Å²) in [6.07, 6.45) is 1.31. The summed E-state index contributed by atoms with van der Waals surface area (Å²) in [5.41, 5.74) is 7.78. The van der Waals surface area contributed by atoms with Gasteiger partial charge in [0, 0.05) is 6.07 Å². The zero-order chi connectivity index (χ0) is 23.3. The quantitative estimate of drug-likeness (QED) is 0.286. The molecular weight excluding hydrogens is 440 g/mol. The van der Waals surface area contributed by atoms with E-state index in [4.69, 9.17) is 15.2 Å². The van der Waals surface area contributed by atoms with E-state index in [2.05, 4.69) is 21.3 Å². The first-order valence-corrected chi connectivity index (χ1v) is 11.4. The second-order valence-electron chi connectivity index (χ2n) is 6.85. The van der Waals surface area contributed by atoms with Crippen LogP contribution in [0.3, 0.4) is 0 Å². The number of rotatable bonds is 8. The second-order valence-corrected chi connectivity index (χ2v) is 8.52. The normalized spacial score (nSPS) is 12.4. The maximum absolute atomic E-state index is 11.9. The van der Waals surface area contributed by atoms with E-state index in [1.165, 1.54) is 6.33 Å². The van der Waals surface area contributed by atoms with E-state index in [-0.39, 0.29) is 11.7 Å². The molecule has 1 heterocycles. The lowest BCUT2D eigenvalue weighted by Crippen LogP contribution is -2.16. The highest BCUT2D eigenvalue weighted by Gasteiger charge is 2.20. The first-order valence-electron chi connectivity index (χ1n) is 9.82. The number of para-hydroxylation sites is 1. The lowest BCUT2D eigenvalue weighted by molar-refractivity contribution is 0.464. The Morgan fingerprint density at radius 1 is 0.909 bits per heavy atom. The van der Waals surface area contributed by atoms with Crippen molar-refractivity contribution in [1.29, 1.82) is 0 Å². The van der Waals surface area contributed by atoms with Gasteiger partial charge in [-0.2, -0.15) is 9.27 Å². The Morgan fingerprint density at radius 2 is 1.61 bits per heavy atom. The van der Waals surface area contributed by atoms with Gasteiger partial charge in [-0.3, -0.25) is 0 Å². The van der Waals surface area contributed by atoms with Gasteiger partial charge in [0.25, 0.3) is 0 Å². The highest BCUT2D eigenvalue weighted by molar-refractivity contribution is 8.01. The molecule has 0 bridgehead atoms. The van der Waals surface area contributed by atoms with Crippen molar-refractivity contribution in [3.8, 4) is 34.3 Å². The van der Waals surface area contributed by atoms with Crippen molar-refractivity contribution >= 4 is 21.9 Å². The molecule has 1 aromatic heterocycles. The minimum Gasteiger partial charge on any atom is -0.457 e. The third kappa shape index (κ3) is 5.53. The van der Waals surface area contributed by atoms with Gasteiger partial charge in [0.2, 0.25) is 5.88 Å². The monoisotopic (exact) mass is 461 g/mol. The number of hydrogen-bond acceptors (Lipinski definition) is 6. The third-order valence-electron chi connectivity index (χ3n) is 4.50. The third-order valence-corrected chi connectivity index (χ3v) is 5.48. The van der Waals surface area contributed by atoms with Crippen LogP contribution >= 0.6 is 0 Å². The lowest BCUT2D eigenvalue weighted by Gasteiger charge is -2.13. The summed E-state index contributed by atoms with van der Waals surface area (Å²) in [6.45, 7) is 3.34. The molecule has 1 atom stereocenters. The van der Waals surface area contributed by atoms with Crippen molar-refractivity contribution < 1.29 is 18.2 Å². The van der Waals surface area contributed by atoms with Crippen LogP contribution in [0.5, 0.6) is 23.1 Å². The summed E-state index contributed by atoms with van der Waals surface area (Å²) in [5, 5.41) is 0.939. The van der Waals surface area contributed by atoms with Gasteiger partial charge in [0.1, 0.15) is 29.4 Å². The van der Waals surface area contributed by atoms with Gasteiger partial charge < -0.3 is 15.2 Å². The number of nitrogens with two attached hydrogens (primary N) is 1. The van der Waals surface area contributed by atoms with Gasteiger partial charge >= 0.3 is 10.4 Å². The van der Waals surface area contributed by atoms with E-state index in [0.717, 1.165) is 16.7 Å². The fraction of sp³-hybridized carbons (Fsp3) is 0. The molecule has 3 aromatic carbocycles. The fourth-order valence-corrected chi connectivity index (χ4v) is 3.54. The van der Waals surface area contributed by atoms with Crippen molar-refractivity contribution in [1.82, 2.24) is 9.97 Å². The number of nitrogens with zero attached hydrogens (tertiary/aromatic N) is 2. The molecule has 4 rings (SSSR count). The summed E-state index contributed by atoms with van der Waals surface area (Å²) in [5.74, 6) is 2.27. The molecule has 1 unspecified atom stereocenters. The van der Waals surface area contributed by atoms with E-state index in [9.17, 15) is 8.76 Å². The SMILES string of the molecule is C=C[S+](=O)(O)Nc1cccc(Oc2ncnc(N)c2-c2ccc(Oc3ccccc3)cc2)c1. The Hall–Kier alpha value is -4.21.